The Hall–Kier alpha value is -1.26. The van der Waals surface area contributed by atoms with Crippen molar-refractivity contribution in [1.29, 1.82) is 0 Å². The standard InChI is InChI=1S/C14H20ClN3O/c1-5-16-11(14-9(2)6-7-19-14)8-12-13(15)10(3)17-18(12)4/h6-7,11,16H,5,8H2,1-4H3. The average Bonchev–Trinajstić information content (AvgIpc) is 2.88. The molecule has 0 saturated carbocycles. The Bertz CT molecular complexity index is 559. The van der Waals surface area contributed by atoms with Crippen LogP contribution in [-0.2, 0) is 13.5 Å². The number of likely N-dealkylation sites (N-methyl/N-ethyl adjacent to an activating group) is 1. The van der Waals surface area contributed by atoms with Crippen molar-refractivity contribution >= 4 is 11.6 Å². The monoisotopic (exact) mass is 281 g/mol. The van der Waals surface area contributed by atoms with Crippen LogP contribution in [0.2, 0.25) is 5.02 Å². The van der Waals surface area contributed by atoms with Gasteiger partial charge in [0.25, 0.3) is 0 Å². The topological polar surface area (TPSA) is 43.0 Å². The van der Waals surface area contributed by atoms with Gasteiger partial charge in [-0.2, -0.15) is 5.10 Å². The summed E-state index contributed by atoms with van der Waals surface area (Å²) in [6.07, 6.45) is 2.49. The molecule has 2 rings (SSSR count). The summed E-state index contributed by atoms with van der Waals surface area (Å²) in [4.78, 5) is 0. The maximum Gasteiger partial charge on any atom is 0.123 e. The van der Waals surface area contributed by atoms with Crippen LogP contribution < -0.4 is 5.32 Å². The van der Waals surface area contributed by atoms with Gasteiger partial charge in [-0.3, -0.25) is 4.68 Å². The Morgan fingerprint density at radius 1 is 1.47 bits per heavy atom. The van der Waals surface area contributed by atoms with Crippen LogP contribution in [-0.4, -0.2) is 16.3 Å². The van der Waals surface area contributed by atoms with E-state index >= 15 is 0 Å². The Labute approximate surface area is 118 Å². The predicted octanol–water partition coefficient (Wildman–Crippen LogP) is 3.18. The van der Waals surface area contributed by atoms with Crippen molar-refractivity contribution in [2.45, 2.75) is 33.2 Å². The van der Waals surface area contributed by atoms with Gasteiger partial charge < -0.3 is 9.73 Å². The van der Waals surface area contributed by atoms with Gasteiger partial charge in [0.05, 0.1) is 28.7 Å². The van der Waals surface area contributed by atoms with Crippen molar-refractivity contribution in [3.63, 3.8) is 0 Å². The molecule has 2 aromatic heterocycles. The minimum Gasteiger partial charge on any atom is -0.467 e. The van der Waals surface area contributed by atoms with E-state index in [0.29, 0.717) is 0 Å². The second kappa shape index (κ2) is 5.80. The highest BCUT2D eigenvalue weighted by Gasteiger charge is 2.21. The molecule has 104 valence electrons. The summed E-state index contributed by atoms with van der Waals surface area (Å²) in [7, 11) is 1.92. The summed E-state index contributed by atoms with van der Waals surface area (Å²) >= 11 is 6.32. The van der Waals surface area contributed by atoms with Crippen LogP contribution in [0.5, 0.6) is 0 Å². The second-order valence-electron chi connectivity index (χ2n) is 4.75. The minimum absolute atomic E-state index is 0.118. The summed E-state index contributed by atoms with van der Waals surface area (Å²) in [5.74, 6) is 0.969. The van der Waals surface area contributed by atoms with Crippen molar-refractivity contribution in [3.05, 3.63) is 40.1 Å². The first-order chi connectivity index (χ1) is 9.04. The van der Waals surface area contributed by atoms with Gasteiger partial charge in [0, 0.05) is 13.5 Å². The number of hydrogen-bond donors (Lipinski definition) is 1. The van der Waals surface area contributed by atoms with Crippen molar-refractivity contribution in [3.8, 4) is 0 Å². The van der Waals surface area contributed by atoms with Gasteiger partial charge in [-0.15, -0.1) is 0 Å². The molecule has 0 fully saturated rings. The second-order valence-corrected chi connectivity index (χ2v) is 5.13. The molecular formula is C14H20ClN3O. The van der Waals surface area contributed by atoms with Crippen molar-refractivity contribution in [1.82, 2.24) is 15.1 Å². The van der Waals surface area contributed by atoms with Gasteiger partial charge in [0.1, 0.15) is 5.76 Å². The lowest BCUT2D eigenvalue weighted by molar-refractivity contribution is 0.408. The minimum atomic E-state index is 0.118. The molecule has 1 unspecified atom stereocenters. The highest BCUT2D eigenvalue weighted by Crippen LogP contribution is 2.27. The average molecular weight is 282 g/mol. The summed E-state index contributed by atoms with van der Waals surface area (Å²) in [5, 5.41) is 8.54. The van der Waals surface area contributed by atoms with Gasteiger partial charge in [-0.05, 0) is 32.0 Å². The summed E-state index contributed by atoms with van der Waals surface area (Å²) in [6, 6.07) is 2.10. The number of aryl methyl sites for hydroxylation is 3. The molecule has 5 heteroatoms. The Kier molecular flexibility index (Phi) is 4.32. The van der Waals surface area contributed by atoms with Crippen LogP contribution in [0.25, 0.3) is 0 Å². The lowest BCUT2D eigenvalue weighted by Gasteiger charge is -2.17. The molecule has 0 bridgehead atoms. The lowest BCUT2D eigenvalue weighted by Crippen LogP contribution is -2.24. The van der Waals surface area contributed by atoms with Crippen LogP contribution in [0.3, 0.4) is 0 Å². The largest absolute Gasteiger partial charge is 0.467 e. The summed E-state index contributed by atoms with van der Waals surface area (Å²) in [5.41, 5.74) is 3.05. The Balaban J connectivity index is 2.29. The predicted molar refractivity (Wildman–Crippen MR) is 76.5 cm³/mol. The molecule has 1 atom stereocenters. The molecule has 2 aromatic rings. The fourth-order valence-electron chi connectivity index (χ4n) is 2.34. The Morgan fingerprint density at radius 3 is 2.68 bits per heavy atom. The van der Waals surface area contributed by atoms with Gasteiger partial charge in [-0.25, -0.2) is 0 Å². The maximum atomic E-state index is 6.32. The molecule has 0 saturated heterocycles. The van der Waals surface area contributed by atoms with Crippen LogP contribution >= 0.6 is 11.6 Å². The van der Waals surface area contributed by atoms with Gasteiger partial charge in [-0.1, -0.05) is 18.5 Å². The van der Waals surface area contributed by atoms with E-state index in [1.807, 2.05) is 24.7 Å². The third kappa shape index (κ3) is 2.85. The third-order valence-corrected chi connectivity index (χ3v) is 3.82. The Morgan fingerprint density at radius 2 is 2.21 bits per heavy atom. The van der Waals surface area contributed by atoms with Crippen LogP contribution in [0.15, 0.2) is 16.7 Å². The number of nitrogens with one attached hydrogen (secondary N) is 1. The number of furan rings is 1. The van der Waals surface area contributed by atoms with Crippen LogP contribution in [0, 0.1) is 13.8 Å². The molecule has 0 aliphatic carbocycles. The van der Waals surface area contributed by atoms with E-state index in [0.717, 1.165) is 40.7 Å². The summed E-state index contributed by atoms with van der Waals surface area (Å²) < 4.78 is 7.45. The zero-order valence-electron chi connectivity index (χ0n) is 11.8. The van der Waals surface area contributed by atoms with Crippen molar-refractivity contribution in [2.24, 2.45) is 7.05 Å². The molecule has 0 amide bonds. The molecule has 0 radical (unpaired) electrons. The zero-order valence-corrected chi connectivity index (χ0v) is 12.6. The molecule has 4 nitrogen and oxygen atoms in total. The normalized spacial score (nSPS) is 12.9. The fraction of sp³-hybridized carbons (Fsp3) is 0.500. The van der Waals surface area contributed by atoms with Gasteiger partial charge in [0.2, 0.25) is 0 Å². The third-order valence-electron chi connectivity index (χ3n) is 3.33. The van der Waals surface area contributed by atoms with Gasteiger partial charge in [0.15, 0.2) is 0 Å². The lowest BCUT2D eigenvalue weighted by atomic mass is 10.1. The van der Waals surface area contributed by atoms with Crippen LogP contribution in [0.1, 0.15) is 35.7 Å². The number of nitrogens with zero attached hydrogens (tertiary/aromatic N) is 2. The first kappa shape index (κ1) is 14.2. The number of hydrogen-bond acceptors (Lipinski definition) is 3. The molecule has 0 spiro atoms. The maximum absolute atomic E-state index is 6.32. The van der Waals surface area contributed by atoms with Crippen molar-refractivity contribution in [2.75, 3.05) is 6.54 Å². The molecular weight excluding hydrogens is 262 g/mol. The summed E-state index contributed by atoms with van der Waals surface area (Å²) in [6.45, 7) is 6.94. The quantitative estimate of drug-likeness (QED) is 0.915. The van der Waals surface area contributed by atoms with E-state index in [-0.39, 0.29) is 6.04 Å². The van der Waals surface area contributed by atoms with E-state index in [2.05, 4.69) is 24.3 Å². The highest BCUT2D eigenvalue weighted by molar-refractivity contribution is 6.31. The van der Waals surface area contributed by atoms with E-state index in [4.69, 9.17) is 16.0 Å². The fourth-order valence-corrected chi connectivity index (χ4v) is 2.58. The first-order valence-electron chi connectivity index (χ1n) is 6.50. The van der Waals surface area contributed by atoms with Gasteiger partial charge >= 0.3 is 0 Å². The highest BCUT2D eigenvalue weighted by atomic mass is 35.5. The van der Waals surface area contributed by atoms with E-state index in [9.17, 15) is 0 Å². The molecule has 0 aliphatic rings. The van der Waals surface area contributed by atoms with Crippen molar-refractivity contribution < 1.29 is 4.42 Å². The van der Waals surface area contributed by atoms with E-state index in [1.54, 1.807) is 6.26 Å². The zero-order chi connectivity index (χ0) is 14.0. The molecule has 0 aliphatic heterocycles. The molecule has 19 heavy (non-hydrogen) atoms. The van der Waals surface area contributed by atoms with E-state index < -0.39 is 0 Å². The number of rotatable bonds is 5. The molecule has 2 heterocycles. The first-order valence-corrected chi connectivity index (χ1v) is 6.87. The molecule has 0 aromatic carbocycles. The van der Waals surface area contributed by atoms with E-state index in [1.165, 1.54) is 0 Å². The van der Waals surface area contributed by atoms with Crippen LogP contribution in [0.4, 0.5) is 0 Å². The smallest absolute Gasteiger partial charge is 0.123 e. The number of halogens is 1. The molecule has 1 N–H and O–H groups in total. The number of aromatic nitrogens is 2. The SMILES string of the molecule is CCNC(Cc1c(Cl)c(C)nn1C)c1occc1C.